The number of rotatable bonds is 7. The van der Waals surface area contributed by atoms with E-state index >= 15 is 0 Å². The van der Waals surface area contributed by atoms with Gasteiger partial charge >= 0.3 is 0 Å². The van der Waals surface area contributed by atoms with Crippen LogP contribution in [-0.4, -0.2) is 50.4 Å². The van der Waals surface area contributed by atoms with Crippen LogP contribution in [0.15, 0.2) is 0 Å². The number of alkyl halides is 1. The van der Waals surface area contributed by atoms with Crippen molar-refractivity contribution >= 4 is 31.9 Å². The summed E-state index contributed by atoms with van der Waals surface area (Å²) in [5.74, 6) is 0.439. The van der Waals surface area contributed by atoms with Crippen LogP contribution < -0.4 is 4.72 Å². The van der Waals surface area contributed by atoms with Crippen LogP contribution in [0.3, 0.4) is 0 Å². The molecule has 0 aromatic carbocycles. The van der Waals surface area contributed by atoms with Crippen molar-refractivity contribution in [3.63, 3.8) is 0 Å². The van der Waals surface area contributed by atoms with Crippen LogP contribution in [0.4, 0.5) is 0 Å². The number of unbranched alkanes of at least 4 members (excludes halogenated alkanes) is 1. The monoisotopic (exact) mass is 354 g/mol. The van der Waals surface area contributed by atoms with Gasteiger partial charge in [0.1, 0.15) is 0 Å². The Labute approximate surface area is 124 Å². The highest BCUT2D eigenvalue weighted by atomic mass is 79.9. The first-order chi connectivity index (χ1) is 8.92. The topological polar surface area (TPSA) is 66.5 Å². The number of amides is 1. The van der Waals surface area contributed by atoms with Gasteiger partial charge < -0.3 is 4.90 Å². The van der Waals surface area contributed by atoms with Crippen molar-refractivity contribution in [1.29, 1.82) is 0 Å². The molecule has 1 aliphatic rings. The third-order valence-electron chi connectivity index (χ3n) is 3.28. The second-order valence-corrected chi connectivity index (χ2v) is 7.74. The molecular formula is C12H23BrN2O3S. The minimum Gasteiger partial charge on any atom is -0.342 e. The van der Waals surface area contributed by atoms with E-state index in [1.54, 1.807) is 0 Å². The van der Waals surface area contributed by atoms with E-state index in [-0.39, 0.29) is 11.8 Å². The minimum atomic E-state index is -3.14. The lowest BCUT2D eigenvalue weighted by Gasteiger charge is -2.32. The van der Waals surface area contributed by atoms with Crippen LogP contribution in [0.5, 0.6) is 0 Å². The standard InChI is InChI=1S/C12H23BrN2O3S/c1-19(17,18)14-9-11-5-4-8-15(10-11)12(16)6-2-3-7-13/h11,14H,2-10H2,1H3. The van der Waals surface area contributed by atoms with Crippen molar-refractivity contribution in [1.82, 2.24) is 9.62 Å². The number of halogens is 1. The predicted molar refractivity (Wildman–Crippen MR) is 79.8 cm³/mol. The van der Waals surface area contributed by atoms with Crippen LogP contribution in [-0.2, 0) is 14.8 Å². The Kier molecular flexibility index (Phi) is 7.31. The highest BCUT2D eigenvalue weighted by Crippen LogP contribution is 2.17. The first kappa shape index (κ1) is 16.9. The third-order valence-corrected chi connectivity index (χ3v) is 4.53. The molecule has 19 heavy (non-hydrogen) atoms. The fourth-order valence-corrected chi connectivity index (χ4v) is 3.19. The smallest absolute Gasteiger partial charge is 0.222 e. The number of nitrogens with one attached hydrogen (secondary N) is 1. The fourth-order valence-electron chi connectivity index (χ4n) is 2.26. The molecule has 1 unspecified atom stereocenters. The molecule has 0 aromatic rings. The van der Waals surface area contributed by atoms with Gasteiger partial charge in [-0.05, 0) is 31.6 Å². The summed E-state index contributed by atoms with van der Waals surface area (Å²) in [5, 5.41) is 0.932. The quantitative estimate of drug-likeness (QED) is 0.554. The summed E-state index contributed by atoms with van der Waals surface area (Å²) in [6.07, 6.45) is 5.62. The Morgan fingerprint density at radius 3 is 2.79 bits per heavy atom. The van der Waals surface area contributed by atoms with Gasteiger partial charge in [-0.2, -0.15) is 0 Å². The molecule has 1 atom stereocenters. The molecule has 1 heterocycles. The van der Waals surface area contributed by atoms with Gasteiger partial charge in [0.15, 0.2) is 0 Å². The SMILES string of the molecule is CS(=O)(=O)NCC1CCCN(C(=O)CCCCBr)C1. The second-order valence-electron chi connectivity index (χ2n) is 5.11. The van der Waals surface area contributed by atoms with Crippen molar-refractivity contribution < 1.29 is 13.2 Å². The summed E-state index contributed by atoms with van der Waals surface area (Å²) >= 11 is 3.35. The van der Waals surface area contributed by atoms with Crippen LogP contribution in [0.2, 0.25) is 0 Å². The van der Waals surface area contributed by atoms with Crippen molar-refractivity contribution in [3.05, 3.63) is 0 Å². The molecule has 112 valence electrons. The maximum atomic E-state index is 12.0. The summed E-state index contributed by atoms with van der Waals surface area (Å²) in [6.45, 7) is 1.92. The van der Waals surface area contributed by atoms with E-state index in [1.807, 2.05) is 4.90 Å². The summed E-state index contributed by atoms with van der Waals surface area (Å²) in [6, 6.07) is 0. The molecule has 0 aromatic heterocycles. The largest absolute Gasteiger partial charge is 0.342 e. The molecule has 1 N–H and O–H groups in total. The lowest BCUT2D eigenvalue weighted by atomic mass is 9.98. The highest BCUT2D eigenvalue weighted by molar-refractivity contribution is 9.09. The minimum absolute atomic E-state index is 0.199. The average Bonchev–Trinajstić information content (AvgIpc) is 2.36. The van der Waals surface area contributed by atoms with Crippen molar-refractivity contribution in [2.24, 2.45) is 5.92 Å². The van der Waals surface area contributed by atoms with Gasteiger partial charge in [0, 0.05) is 31.4 Å². The van der Waals surface area contributed by atoms with E-state index in [0.717, 1.165) is 37.6 Å². The molecule has 0 bridgehead atoms. The fraction of sp³-hybridized carbons (Fsp3) is 0.917. The number of sulfonamides is 1. The molecule has 1 saturated heterocycles. The Hall–Kier alpha value is -0.140. The molecule has 0 aliphatic carbocycles. The molecule has 0 saturated carbocycles. The molecule has 5 nitrogen and oxygen atoms in total. The first-order valence-electron chi connectivity index (χ1n) is 6.71. The number of likely N-dealkylation sites (tertiary alicyclic amines) is 1. The number of piperidine rings is 1. The number of nitrogens with zero attached hydrogens (tertiary/aromatic N) is 1. The van der Waals surface area contributed by atoms with Gasteiger partial charge in [-0.3, -0.25) is 4.79 Å². The molecule has 1 amide bonds. The Bertz CT molecular complexity index is 386. The van der Waals surface area contributed by atoms with Gasteiger partial charge in [0.2, 0.25) is 15.9 Å². The van der Waals surface area contributed by atoms with Crippen molar-refractivity contribution in [3.8, 4) is 0 Å². The Balaban J connectivity index is 2.34. The lowest BCUT2D eigenvalue weighted by Crippen LogP contribution is -2.43. The summed E-state index contributed by atoms with van der Waals surface area (Å²) in [7, 11) is -3.14. The molecule has 1 fully saturated rings. The van der Waals surface area contributed by atoms with E-state index in [9.17, 15) is 13.2 Å². The van der Waals surface area contributed by atoms with Crippen molar-refractivity contribution in [2.45, 2.75) is 32.1 Å². The molecule has 0 radical (unpaired) electrons. The highest BCUT2D eigenvalue weighted by Gasteiger charge is 2.23. The van der Waals surface area contributed by atoms with Gasteiger partial charge in [-0.25, -0.2) is 13.1 Å². The van der Waals surface area contributed by atoms with Crippen molar-refractivity contribution in [2.75, 3.05) is 31.2 Å². The first-order valence-corrected chi connectivity index (χ1v) is 9.72. The van der Waals surface area contributed by atoms with Crippen LogP contribution in [0.1, 0.15) is 32.1 Å². The normalized spacial score (nSPS) is 20.5. The van der Waals surface area contributed by atoms with Gasteiger partial charge in [0.05, 0.1) is 6.26 Å². The molecule has 7 heteroatoms. The van der Waals surface area contributed by atoms with Crippen LogP contribution in [0, 0.1) is 5.92 Å². The van der Waals surface area contributed by atoms with Gasteiger partial charge in [-0.1, -0.05) is 15.9 Å². The van der Waals surface area contributed by atoms with E-state index in [0.29, 0.717) is 19.5 Å². The summed E-state index contributed by atoms with van der Waals surface area (Å²) < 4.78 is 24.7. The van der Waals surface area contributed by atoms with Crippen LogP contribution >= 0.6 is 15.9 Å². The zero-order valence-electron chi connectivity index (χ0n) is 11.4. The number of hydrogen-bond acceptors (Lipinski definition) is 3. The zero-order valence-corrected chi connectivity index (χ0v) is 13.8. The van der Waals surface area contributed by atoms with Gasteiger partial charge in [0.25, 0.3) is 0 Å². The molecule has 0 spiro atoms. The molecule has 1 aliphatic heterocycles. The Morgan fingerprint density at radius 1 is 1.42 bits per heavy atom. The number of carbonyl (C=O) groups excluding carboxylic acids is 1. The lowest BCUT2D eigenvalue weighted by molar-refractivity contribution is -0.133. The van der Waals surface area contributed by atoms with E-state index < -0.39 is 10.0 Å². The predicted octanol–water partition coefficient (Wildman–Crippen LogP) is 1.34. The molecular weight excluding hydrogens is 332 g/mol. The summed E-state index contributed by atoms with van der Waals surface area (Å²) in [4.78, 5) is 13.9. The van der Waals surface area contributed by atoms with E-state index in [1.165, 1.54) is 6.26 Å². The summed E-state index contributed by atoms with van der Waals surface area (Å²) in [5.41, 5.74) is 0. The second kappa shape index (κ2) is 8.21. The Morgan fingerprint density at radius 2 is 2.16 bits per heavy atom. The zero-order chi connectivity index (χ0) is 14.3. The molecule has 1 rings (SSSR count). The van der Waals surface area contributed by atoms with E-state index in [2.05, 4.69) is 20.7 Å². The maximum absolute atomic E-state index is 12.0. The maximum Gasteiger partial charge on any atom is 0.222 e. The van der Waals surface area contributed by atoms with E-state index in [4.69, 9.17) is 0 Å². The van der Waals surface area contributed by atoms with Gasteiger partial charge in [-0.15, -0.1) is 0 Å². The average molecular weight is 355 g/mol. The third kappa shape index (κ3) is 7.27. The van der Waals surface area contributed by atoms with Crippen LogP contribution in [0.25, 0.3) is 0 Å². The number of hydrogen-bond donors (Lipinski definition) is 1. The number of carbonyl (C=O) groups is 1.